The van der Waals surface area contributed by atoms with Crippen molar-refractivity contribution in [3.8, 4) is 0 Å². The van der Waals surface area contributed by atoms with Crippen LogP contribution in [0.1, 0.15) is 32.1 Å². The Morgan fingerprint density at radius 1 is 1.21 bits per heavy atom. The van der Waals surface area contributed by atoms with Gasteiger partial charge in [-0.15, -0.1) is 0 Å². The van der Waals surface area contributed by atoms with Crippen molar-refractivity contribution in [3.63, 3.8) is 0 Å². The van der Waals surface area contributed by atoms with E-state index in [9.17, 15) is 0 Å². The van der Waals surface area contributed by atoms with Crippen molar-refractivity contribution < 1.29 is 0 Å². The van der Waals surface area contributed by atoms with Gasteiger partial charge in [0.1, 0.15) is 11.5 Å². The third-order valence-electron chi connectivity index (χ3n) is 4.27. The van der Waals surface area contributed by atoms with Crippen molar-refractivity contribution in [1.29, 1.82) is 0 Å². The lowest BCUT2D eigenvalue weighted by Crippen LogP contribution is -2.52. The smallest absolute Gasteiger partial charge is 0.224 e. The number of aliphatic imine (C=N–C) groups is 2. The fourth-order valence-corrected chi connectivity index (χ4v) is 3.49. The van der Waals surface area contributed by atoms with E-state index in [2.05, 4.69) is 24.9 Å². The van der Waals surface area contributed by atoms with Crippen molar-refractivity contribution in [2.45, 2.75) is 37.6 Å². The molecule has 0 atom stereocenters. The molecule has 0 bridgehead atoms. The second-order valence-corrected chi connectivity index (χ2v) is 5.74. The normalized spacial score (nSPS) is 23.2. The summed E-state index contributed by atoms with van der Waals surface area (Å²) in [7, 11) is 0. The van der Waals surface area contributed by atoms with Crippen LogP contribution in [0.4, 0.5) is 11.5 Å². The first-order chi connectivity index (χ1) is 9.28. The minimum absolute atomic E-state index is 0.0897. The Labute approximate surface area is 116 Å². The monoisotopic (exact) mass is 275 g/mol. The predicted octanol–water partition coefficient (Wildman–Crippen LogP) is 2.77. The number of nitrogens with zero attached hydrogens (tertiary/aromatic N) is 5. The SMILES string of the molecule is Clc1ncc2c(n1)N1C(=NCC13CCCCC3)C=N2. The Bertz CT molecular complexity index is 589. The molecule has 2 aliphatic heterocycles. The minimum atomic E-state index is 0.0897. The number of amidine groups is 1. The summed E-state index contributed by atoms with van der Waals surface area (Å²) in [6, 6.07) is 0. The number of aromatic nitrogens is 2. The lowest BCUT2D eigenvalue weighted by Gasteiger charge is -2.42. The van der Waals surface area contributed by atoms with Crippen molar-refractivity contribution in [2.75, 3.05) is 11.4 Å². The summed E-state index contributed by atoms with van der Waals surface area (Å²) in [5, 5.41) is 0.271. The van der Waals surface area contributed by atoms with Crippen LogP contribution in [0.25, 0.3) is 0 Å². The van der Waals surface area contributed by atoms with Gasteiger partial charge in [0.2, 0.25) is 5.28 Å². The van der Waals surface area contributed by atoms with Gasteiger partial charge in [-0.05, 0) is 24.4 Å². The maximum absolute atomic E-state index is 5.95. The number of rotatable bonds is 0. The van der Waals surface area contributed by atoms with Crippen LogP contribution in [0.5, 0.6) is 0 Å². The molecular weight excluding hydrogens is 262 g/mol. The highest BCUT2D eigenvalue weighted by molar-refractivity contribution is 6.39. The van der Waals surface area contributed by atoms with Crippen molar-refractivity contribution in [3.05, 3.63) is 11.5 Å². The molecule has 98 valence electrons. The van der Waals surface area contributed by atoms with Gasteiger partial charge in [-0.3, -0.25) is 9.89 Å². The average molecular weight is 276 g/mol. The largest absolute Gasteiger partial charge is 0.300 e. The van der Waals surface area contributed by atoms with Gasteiger partial charge < -0.3 is 0 Å². The van der Waals surface area contributed by atoms with E-state index in [-0.39, 0.29) is 10.8 Å². The minimum Gasteiger partial charge on any atom is -0.300 e. The molecule has 1 aliphatic carbocycles. The van der Waals surface area contributed by atoms with E-state index in [1.807, 2.05) is 6.21 Å². The molecule has 19 heavy (non-hydrogen) atoms. The van der Waals surface area contributed by atoms with Crippen LogP contribution in [-0.4, -0.2) is 34.1 Å². The Kier molecular flexibility index (Phi) is 2.39. The molecule has 6 heteroatoms. The van der Waals surface area contributed by atoms with Crippen LogP contribution in [0.2, 0.25) is 5.28 Å². The molecule has 4 rings (SSSR count). The fraction of sp³-hybridized carbons (Fsp3) is 0.538. The van der Waals surface area contributed by atoms with Crippen LogP contribution < -0.4 is 4.90 Å². The van der Waals surface area contributed by atoms with Gasteiger partial charge in [0, 0.05) is 0 Å². The summed E-state index contributed by atoms with van der Waals surface area (Å²) in [4.78, 5) is 19.7. The van der Waals surface area contributed by atoms with Gasteiger partial charge in [-0.2, -0.15) is 4.98 Å². The molecule has 0 saturated heterocycles. The van der Waals surface area contributed by atoms with Crippen LogP contribution >= 0.6 is 11.6 Å². The summed E-state index contributed by atoms with van der Waals surface area (Å²) in [5.41, 5.74) is 0.877. The summed E-state index contributed by atoms with van der Waals surface area (Å²) < 4.78 is 0. The summed E-state index contributed by atoms with van der Waals surface area (Å²) >= 11 is 5.95. The fourth-order valence-electron chi connectivity index (χ4n) is 3.36. The third-order valence-corrected chi connectivity index (χ3v) is 4.46. The van der Waals surface area contributed by atoms with Gasteiger partial charge in [0.25, 0.3) is 0 Å². The topological polar surface area (TPSA) is 53.7 Å². The van der Waals surface area contributed by atoms with E-state index in [0.29, 0.717) is 0 Å². The Morgan fingerprint density at radius 3 is 2.89 bits per heavy atom. The molecule has 0 aromatic carbocycles. The molecule has 3 heterocycles. The zero-order chi connectivity index (χ0) is 12.9. The van der Waals surface area contributed by atoms with Gasteiger partial charge >= 0.3 is 0 Å². The highest BCUT2D eigenvalue weighted by atomic mass is 35.5. The first-order valence-corrected chi connectivity index (χ1v) is 7.08. The average Bonchev–Trinajstić information content (AvgIpc) is 2.79. The molecule has 1 aromatic heterocycles. The number of hydrogen-bond donors (Lipinski definition) is 0. The molecule has 0 N–H and O–H groups in total. The quantitative estimate of drug-likeness (QED) is 0.684. The predicted molar refractivity (Wildman–Crippen MR) is 75.8 cm³/mol. The first-order valence-electron chi connectivity index (χ1n) is 6.70. The zero-order valence-electron chi connectivity index (χ0n) is 10.5. The summed E-state index contributed by atoms with van der Waals surface area (Å²) in [6.45, 7) is 0.843. The van der Waals surface area contributed by atoms with Crippen LogP contribution in [0.15, 0.2) is 16.2 Å². The Hall–Kier alpha value is -1.49. The van der Waals surface area contributed by atoms with E-state index in [0.717, 1.165) is 36.7 Å². The maximum Gasteiger partial charge on any atom is 0.224 e. The highest BCUT2D eigenvalue weighted by Crippen LogP contribution is 2.44. The summed E-state index contributed by atoms with van der Waals surface area (Å²) in [5.74, 6) is 1.74. The van der Waals surface area contributed by atoms with Gasteiger partial charge in [0.05, 0.1) is 24.5 Å². The van der Waals surface area contributed by atoms with Crippen LogP contribution in [0, 0.1) is 0 Å². The Balaban J connectivity index is 1.84. The number of halogens is 1. The number of fused-ring (bicyclic) bond motifs is 4. The standard InChI is InChI=1S/C13H14ClN5/c14-12-16-6-9-11(18-12)19-10(7-15-9)17-8-13(19)4-2-1-3-5-13/h6-7H,1-5,8H2. The van der Waals surface area contributed by atoms with E-state index in [4.69, 9.17) is 11.6 Å². The second kappa shape index (κ2) is 4.00. The molecule has 3 aliphatic rings. The first kappa shape index (κ1) is 11.3. The van der Waals surface area contributed by atoms with Crippen molar-refractivity contribution in [1.82, 2.24) is 9.97 Å². The molecule has 0 amide bonds. The van der Waals surface area contributed by atoms with Gasteiger partial charge in [0.15, 0.2) is 5.82 Å². The molecule has 0 unspecified atom stereocenters. The van der Waals surface area contributed by atoms with Gasteiger partial charge in [-0.1, -0.05) is 19.3 Å². The van der Waals surface area contributed by atoms with E-state index >= 15 is 0 Å². The maximum atomic E-state index is 5.95. The zero-order valence-corrected chi connectivity index (χ0v) is 11.3. The van der Waals surface area contributed by atoms with Crippen molar-refractivity contribution >= 4 is 35.2 Å². The van der Waals surface area contributed by atoms with E-state index in [1.165, 1.54) is 19.3 Å². The molecule has 1 fully saturated rings. The molecule has 1 spiro atoms. The molecule has 0 radical (unpaired) electrons. The molecular formula is C13H14ClN5. The molecule has 5 nitrogen and oxygen atoms in total. The number of hydrogen-bond acceptors (Lipinski definition) is 5. The summed E-state index contributed by atoms with van der Waals surface area (Å²) in [6.07, 6.45) is 9.66. The van der Waals surface area contributed by atoms with Crippen LogP contribution in [0.3, 0.4) is 0 Å². The number of anilines is 1. The Morgan fingerprint density at radius 2 is 2.05 bits per heavy atom. The second-order valence-electron chi connectivity index (χ2n) is 5.40. The van der Waals surface area contributed by atoms with Crippen molar-refractivity contribution in [2.24, 2.45) is 9.98 Å². The van der Waals surface area contributed by atoms with Crippen LogP contribution in [-0.2, 0) is 0 Å². The lowest BCUT2D eigenvalue weighted by molar-refractivity contribution is 0.317. The highest BCUT2D eigenvalue weighted by Gasteiger charge is 2.46. The van der Waals surface area contributed by atoms with Gasteiger partial charge in [-0.25, -0.2) is 9.98 Å². The molecule has 1 saturated carbocycles. The molecule has 1 aromatic rings. The lowest BCUT2D eigenvalue weighted by atomic mass is 9.80. The third kappa shape index (κ3) is 1.61. The van der Waals surface area contributed by atoms with E-state index < -0.39 is 0 Å². The van der Waals surface area contributed by atoms with E-state index in [1.54, 1.807) is 6.20 Å².